The molecule has 4 heterocycles. The summed E-state index contributed by atoms with van der Waals surface area (Å²) in [7, 11) is 0. The van der Waals surface area contributed by atoms with E-state index in [2.05, 4.69) is 88.3 Å². The first-order valence-electron chi connectivity index (χ1n) is 23.6. The quantitative estimate of drug-likeness (QED) is 0.0159. The van der Waals surface area contributed by atoms with Crippen molar-refractivity contribution in [3.8, 4) is 22.3 Å². The van der Waals surface area contributed by atoms with Crippen LogP contribution in [0.5, 0.6) is 0 Å². The Bertz CT molecular complexity index is 3800. The number of benzene rings is 4. The second kappa shape index (κ2) is 26.2. The van der Waals surface area contributed by atoms with Gasteiger partial charge >= 0.3 is 11.4 Å². The molecule has 0 fully saturated rings. The van der Waals surface area contributed by atoms with E-state index in [-0.39, 0.29) is 65.8 Å². The van der Waals surface area contributed by atoms with Crippen molar-refractivity contribution >= 4 is 116 Å². The Morgan fingerprint density at radius 1 is 0.622 bits per heavy atom. The zero-order chi connectivity index (χ0) is 60.0. The fourth-order valence-corrected chi connectivity index (χ4v) is 8.13. The van der Waals surface area contributed by atoms with Crippen LogP contribution >= 0.6 is 46.4 Å². The van der Waals surface area contributed by atoms with Gasteiger partial charge in [0, 0.05) is 35.3 Å². The summed E-state index contributed by atoms with van der Waals surface area (Å²) in [4.78, 5) is 60.3. The number of carbonyl (C=O) groups is 1. The van der Waals surface area contributed by atoms with Crippen molar-refractivity contribution in [3.05, 3.63) is 169 Å². The number of hydrazone groups is 1. The van der Waals surface area contributed by atoms with Gasteiger partial charge in [0.2, 0.25) is 0 Å². The number of fused-ring (bicyclic) bond motifs is 2. The minimum absolute atomic E-state index is 0. The monoisotopic (exact) mass is 1210 g/mol. The predicted octanol–water partition coefficient (Wildman–Crippen LogP) is 13.1. The van der Waals surface area contributed by atoms with Crippen LogP contribution in [0.3, 0.4) is 0 Å². The van der Waals surface area contributed by atoms with Gasteiger partial charge in [0.1, 0.15) is 45.0 Å². The zero-order valence-electron chi connectivity index (χ0n) is 44.3. The van der Waals surface area contributed by atoms with Crippen molar-refractivity contribution in [2.45, 2.75) is 67.5 Å². The standard InChI is InChI=1S/C25H23Cl2FN8O4.C19H19Cl2FN4O.C6H6N4O4.H2O/c1-13(25(2,3)4)31-24-21(17-7-5-15(28)9-18(17)26)22(27)32-23-14(12-30-34(23)24)11-29-33-19-8-6-16(35(37)38)10-20(19)36(39)40;1-10(19(2,3)4)24-18-15(13-6-5-12(22)7-14(13)20)16(21)25-17-11(9-27)8-23-26(17)18;7-8-5-2-1-4(9(11)12)3-6(5)10(13)14;/h5-13,31,33H,1-4H3;5-10,24H,1-4H3;1-3,8H,7H2;1H2/p-1. The number of hydrogen-bond donors (Lipinski definition) is 5. The van der Waals surface area contributed by atoms with E-state index in [0.29, 0.717) is 62.6 Å². The molecule has 4 aromatic carbocycles. The van der Waals surface area contributed by atoms with Gasteiger partial charge in [0.05, 0.1) is 82.7 Å². The number of nitro groups is 4. The van der Waals surface area contributed by atoms with Gasteiger partial charge in [-0.2, -0.15) is 24.3 Å². The molecule has 82 heavy (non-hydrogen) atoms. The molecule has 0 aliphatic rings. The molecule has 8 aromatic rings. The maximum Gasteiger partial charge on any atom is 0.301 e. The number of nitro benzene ring substituents is 4. The molecule has 26 nitrogen and oxygen atoms in total. The summed E-state index contributed by atoms with van der Waals surface area (Å²) in [5.74, 6) is 5.03. The highest BCUT2D eigenvalue weighted by Crippen LogP contribution is 2.42. The molecule has 0 radical (unpaired) electrons. The second-order valence-electron chi connectivity index (χ2n) is 19.7. The molecule has 8 rings (SSSR count). The van der Waals surface area contributed by atoms with Crippen LogP contribution in [0.15, 0.2) is 90.3 Å². The topological polar surface area (TPSA) is 367 Å². The van der Waals surface area contributed by atoms with Crippen molar-refractivity contribution in [2.75, 3.05) is 21.5 Å². The lowest BCUT2D eigenvalue weighted by Crippen LogP contribution is -2.32. The van der Waals surface area contributed by atoms with Crippen molar-refractivity contribution in [3.63, 3.8) is 0 Å². The third kappa shape index (κ3) is 14.6. The average Bonchev–Trinajstić information content (AvgIpc) is 4.02. The molecule has 0 spiro atoms. The number of hydrogen-bond acceptors (Lipinski definition) is 20. The SMILES string of the molecule is CC(Nc1c(-c2ccc(F)cc2Cl)c(Cl)nc2c(C=NNc3ccc([N+](=O)[O-])cc3[N+](=O)[O-])cnn12)C(C)(C)C.CC(Nc1c(-c2ccc(F)cc2Cl)c(Cl)nc2c(C=O)cnn12)C(C)(C)C.NNc1ccc([N+](=O)[O-])cc1[N+](=O)[O-].[OH-]. The number of nitrogens with two attached hydrogens (primary N) is 1. The molecule has 0 aliphatic carbocycles. The van der Waals surface area contributed by atoms with Gasteiger partial charge in [-0.25, -0.2) is 18.7 Å². The van der Waals surface area contributed by atoms with Gasteiger partial charge in [0.25, 0.3) is 11.4 Å². The summed E-state index contributed by atoms with van der Waals surface area (Å²) < 4.78 is 30.4. The minimum Gasteiger partial charge on any atom is -0.870 e. The molecule has 2 unspecified atom stereocenters. The molecule has 2 atom stereocenters. The number of aldehydes is 1. The Morgan fingerprint density at radius 3 is 1.40 bits per heavy atom. The van der Waals surface area contributed by atoms with E-state index in [1.807, 2.05) is 13.8 Å². The molecule has 0 aliphatic heterocycles. The molecule has 0 amide bonds. The summed E-state index contributed by atoms with van der Waals surface area (Å²) in [6.45, 7) is 16.5. The Labute approximate surface area is 483 Å². The lowest BCUT2D eigenvalue weighted by atomic mass is 9.88. The van der Waals surface area contributed by atoms with Crippen LogP contribution in [0.4, 0.5) is 54.5 Å². The summed E-state index contributed by atoms with van der Waals surface area (Å²) in [5.41, 5.74) is 5.85. The third-order valence-corrected chi connectivity index (χ3v) is 13.6. The Kier molecular flexibility index (Phi) is 20.5. The van der Waals surface area contributed by atoms with Crippen LogP contribution in [0.1, 0.15) is 71.3 Å². The molecule has 32 heteroatoms. The van der Waals surface area contributed by atoms with Crippen LogP contribution in [-0.2, 0) is 0 Å². The van der Waals surface area contributed by atoms with E-state index in [4.69, 9.17) is 52.2 Å². The van der Waals surface area contributed by atoms with E-state index in [9.17, 15) is 54.0 Å². The van der Waals surface area contributed by atoms with E-state index in [1.165, 1.54) is 70.1 Å². The van der Waals surface area contributed by atoms with Crippen molar-refractivity contribution in [1.29, 1.82) is 0 Å². The van der Waals surface area contributed by atoms with Crippen LogP contribution < -0.4 is 27.3 Å². The van der Waals surface area contributed by atoms with Gasteiger partial charge in [-0.05, 0) is 73.2 Å². The van der Waals surface area contributed by atoms with Crippen LogP contribution in [0.25, 0.3) is 33.5 Å². The molecule has 7 N–H and O–H groups in total. The second-order valence-corrected chi connectivity index (χ2v) is 21.2. The van der Waals surface area contributed by atoms with Gasteiger partial charge in [-0.15, -0.1) is 0 Å². The van der Waals surface area contributed by atoms with Crippen molar-refractivity contribution in [2.24, 2.45) is 21.8 Å². The molecule has 4 aromatic heterocycles. The first-order valence-corrected chi connectivity index (χ1v) is 25.1. The number of nitrogens with one attached hydrogen (secondary N) is 4. The smallest absolute Gasteiger partial charge is 0.301 e. The summed E-state index contributed by atoms with van der Waals surface area (Å²) in [5, 5.41) is 63.3. The number of nitrogen functional groups attached to an aromatic ring is 1. The number of non-ortho nitro benzene ring substituents is 2. The van der Waals surface area contributed by atoms with E-state index in [1.54, 1.807) is 6.07 Å². The highest BCUT2D eigenvalue weighted by molar-refractivity contribution is 6.37. The first-order chi connectivity index (χ1) is 38.0. The molecule has 0 saturated carbocycles. The van der Waals surface area contributed by atoms with Gasteiger partial charge in [-0.1, -0.05) is 87.9 Å². The number of aromatic nitrogens is 6. The van der Waals surface area contributed by atoms with Crippen LogP contribution in [-0.4, -0.2) is 78.9 Å². The predicted molar refractivity (Wildman–Crippen MR) is 308 cm³/mol. The lowest BCUT2D eigenvalue weighted by molar-refractivity contribution is -0.393. The van der Waals surface area contributed by atoms with Crippen LogP contribution in [0.2, 0.25) is 20.4 Å². The lowest BCUT2D eigenvalue weighted by Gasteiger charge is -2.30. The fourth-order valence-electron chi connectivity index (χ4n) is 7.07. The minimum atomic E-state index is -0.752. The molecule has 0 saturated heterocycles. The Hall–Kier alpha value is -8.80. The number of halogens is 6. The summed E-state index contributed by atoms with van der Waals surface area (Å²) in [6, 6.07) is 14.2. The highest BCUT2D eigenvalue weighted by Gasteiger charge is 2.29. The Balaban J connectivity index is 0.000000252. The van der Waals surface area contributed by atoms with Gasteiger partial charge in [0.15, 0.2) is 17.6 Å². The van der Waals surface area contributed by atoms with Gasteiger partial charge in [-0.3, -0.25) is 56.5 Å². The zero-order valence-corrected chi connectivity index (χ0v) is 47.3. The maximum absolute atomic E-state index is 13.8. The third-order valence-electron chi connectivity index (χ3n) is 12.4. The number of anilines is 4. The van der Waals surface area contributed by atoms with Gasteiger partial charge < -0.3 is 21.5 Å². The molecular weight excluding hydrogens is 1160 g/mol. The van der Waals surface area contributed by atoms with E-state index < -0.39 is 48.4 Å². The largest absolute Gasteiger partial charge is 0.870 e. The highest BCUT2D eigenvalue weighted by atomic mass is 35.5. The van der Waals surface area contributed by atoms with Crippen molar-refractivity contribution < 1.29 is 38.7 Å². The molecule has 432 valence electrons. The Morgan fingerprint density at radius 2 is 1.02 bits per heavy atom. The fraction of sp³-hybridized carbons (Fsp3) is 0.240. The average molecular weight is 1210 g/mol. The number of carbonyl (C=O) groups excluding carboxylic acids is 1. The van der Waals surface area contributed by atoms with Crippen molar-refractivity contribution in [1.82, 2.24) is 29.2 Å². The first kappa shape index (κ1) is 64.0. The molecule has 0 bridgehead atoms. The van der Waals surface area contributed by atoms with E-state index in [0.717, 1.165) is 24.3 Å². The maximum atomic E-state index is 13.8. The number of hydrazine groups is 1. The van der Waals surface area contributed by atoms with E-state index >= 15 is 0 Å². The molecular formula is C50H49Cl4F2N16O10-. The summed E-state index contributed by atoms with van der Waals surface area (Å²) >= 11 is 25.8. The normalized spacial score (nSPS) is 12.0. The van der Waals surface area contributed by atoms with Crippen LogP contribution in [0, 0.1) is 62.9 Å². The summed E-state index contributed by atoms with van der Waals surface area (Å²) in [6.07, 6.45) is 4.90. The number of rotatable bonds is 15. The number of nitrogens with zero attached hydrogens (tertiary/aromatic N) is 11.